The number of rotatable bonds is 3. The van der Waals surface area contributed by atoms with Gasteiger partial charge in [0.2, 0.25) is 0 Å². The molecule has 2 fully saturated rings. The lowest BCUT2D eigenvalue weighted by Gasteiger charge is -2.37. The lowest BCUT2D eigenvalue weighted by atomic mass is 9.69. The molecule has 2 aliphatic rings. The summed E-state index contributed by atoms with van der Waals surface area (Å²) in [6, 6.07) is 0. The molecule has 3 nitrogen and oxygen atoms in total. The molecule has 2 saturated carbocycles. The molecule has 0 heterocycles. The fourth-order valence-corrected chi connectivity index (χ4v) is 3.89. The predicted octanol–water partition coefficient (Wildman–Crippen LogP) is 3.50. The fourth-order valence-electron chi connectivity index (χ4n) is 3.89. The van der Waals surface area contributed by atoms with Crippen molar-refractivity contribution < 1.29 is 15.0 Å². The first kappa shape index (κ1) is 13.9. The molecule has 0 aromatic heterocycles. The van der Waals surface area contributed by atoms with Crippen LogP contribution in [0.4, 0.5) is 0 Å². The van der Waals surface area contributed by atoms with Crippen LogP contribution in [0.15, 0.2) is 0 Å². The lowest BCUT2D eigenvalue weighted by molar-refractivity contribution is -0.155. The number of carboxylic acid groups (broad SMARTS) is 1. The highest BCUT2D eigenvalue weighted by molar-refractivity contribution is 5.74. The van der Waals surface area contributed by atoms with Crippen LogP contribution in [0.3, 0.4) is 0 Å². The van der Waals surface area contributed by atoms with E-state index in [2.05, 4.69) is 0 Å². The minimum atomic E-state index is -0.697. The first-order valence-electron chi connectivity index (χ1n) is 7.52. The van der Waals surface area contributed by atoms with Gasteiger partial charge >= 0.3 is 5.97 Å². The monoisotopic (exact) mass is 254 g/mol. The average molecular weight is 254 g/mol. The van der Waals surface area contributed by atoms with E-state index in [0.29, 0.717) is 6.42 Å². The van der Waals surface area contributed by atoms with E-state index in [1.54, 1.807) is 0 Å². The summed E-state index contributed by atoms with van der Waals surface area (Å²) in [7, 11) is 0. The van der Waals surface area contributed by atoms with E-state index in [1.165, 1.54) is 6.42 Å². The summed E-state index contributed by atoms with van der Waals surface area (Å²) in [5.41, 5.74) is -1.35. The van der Waals surface area contributed by atoms with Crippen LogP contribution in [-0.2, 0) is 4.79 Å². The van der Waals surface area contributed by atoms with Gasteiger partial charge in [-0.05, 0) is 32.1 Å². The second-order valence-electron chi connectivity index (χ2n) is 6.46. The molecule has 0 bridgehead atoms. The Bertz CT molecular complexity index is 284. The Morgan fingerprint density at radius 2 is 1.28 bits per heavy atom. The highest BCUT2D eigenvalue weighted by atomic mass is 16.4. The average Bonchev–Trinajstić information content (AvgIpc) is 2.69. The summed E-state index contributed by atoms with van der Waals surface area (Å²) in [6.45, 7) is 0. The van der Waals surface area contributed by atoms with Crippen LogP contribution in [0, 0.1) is 5.41 Å². The van der Waals surface area contributed by atoms with Gasteiger partial charge in [-0.2, -0.15) is 0 Å². The fraction of sp³-hybridized carbons (Fsp3) is 0.933. The van der Waals surface area contributed by atoms with Crippen LogP contribution >= 0.6 is 0 Å². The van der Waals surface area contributed by atoms with Crippen LogP contribution in [0.1, 0.15) is 77.0 Å². The van der Waals surface area contributed by atoms with Crippen molar-refractivity contribution in [2.24, 2.45) is 5.41 Å². The van der Waals surface area contributed by atoms with Gasteiger partial charge in [0.05, 0.1) is 11.0 Å². The Morgan fingerprint density at radius 3 is 1.78 bits per heavy atom. The molecule has 2 rings (SSSR count). The second kappa shape index (κ2) is 5.60. The van der Waals surface area contributed by atoms with E-state index < -0.39 is 17.0 Å². The highest BCUT2D eigenvalue weighted by Crippen LogP contribution is 2.45. The number of hydrogen-bond acceptors (Lipinski definition) is 2. The van der Waals surface area contributed by atoms with Gasteiger partial charge in [-0.1, -0.05) is 44.9 Å². The van der Waals surface area contributed by atoms with Gasteiger partial charge in [-0.15, -0.1) is 0 Å². The minimum Gasteiger partial charge on any atom is -0.481 e. The first-order valence-corrected chi connectivity index (χ1v) is 7.52. The van der Waals surface area contributed by atoms with Crippen molar-refractivity contribution in [3.63, 3.8) is 0 Å². The zero-order valence-electron chi connectivity index (χ0n) is 11.3. The summed E-state index contributed by atoms with van der Waals surface area (Å²) < 4.78 is 0. The van der Waals surface area contributed by atoms with E-state index in [1.807, 2.05) is 0 Å². The molecule has 0 aromatic carbocycles. The summed E-state index contributed by atoms with van der Waals surface area (Å²) in [5.74, 6) is -0.676. The van der Waals surface area contributed by atoms with Crippen molar-refractivity contribution in [1.82, 2.24) is 0 Å². The summed E-state index contributed by atoms with van der Waals surface area (Å²) >= 11 is 0. The Labute approximate surface area is 110 Å². The number of aliphatic carboxylic acids is 1. The lowest BCUT2D eigenvalue weighted by Crippen LogP contribution is -2.40. The summed E-state index contributed by atoms with van der Waals surface area (Å²) in [6.07, 6.45) is 11.2. The largest absolute Gasteiger partial charge is 0.481 e. The third kappa shape index (κ3) is 3.05. The maximum absolute atomic E-state index is 11.8. The molecule has 0 unspecified atom stereocenters. The molecular formula is C15H26O3. The molecule has 0 amide bonds. The number of carboxylic acids is 1. The van der Waals surface area contributed by atoms with Gasteiger partial charge in [-0.25, -0.2) is 0 Å². The first-order chi connectivity index (χ1) is 8.56. The van der Waals surface area contributed by atoms with Crippen LogP contribution in [0.5, 0.6) is 0 Å². The predicted molar refractivity (Wildman–Crippen MR) is 70.4 cm³/mol. The molecule has 0 atom stereocenters. The van der Waals surface area contributed by atoms with Crippen molar-refractivity contribution in [1.29, 1.82) is 0 Å². The summed E-state index contributed by atoms with van der Waals surface area (Å²) in [4.78, 5) is 11.8. The second-order valence-corrected chi connectivity index (χ2v) is 6.46. The maximum Gasteiger partial charge on any atom is 0.309 e. The molecule has 104 valence electrons. The van der Waals surface area contributed by atoms with Crippen molar-refractivity contribution in [2.75, 3.05) is 0 Å². The van der Waals surface area contributed by atoms with Crippen molar-refractivity contribution in [3.8, 4) is 0 Å². The minimum absolute atomic E-state index is 0.481. The molecule has 18 heavy (non-hydrogen) atoms. The Kier molecular flexibility index (Phi) is 4.31. The van der Waals surface area contributed by atoms with Gasteiger partial charge in [0.15, 0.2) is 0 Å². The van der Waals surface area contributed by atoms with E-state index in [9.17, 15) is 15.0 Å². The third-order valence-corrected chi connectivity index (χ3v) is 4.97. The Hall–Kier alpha value is -0.570. The molecule has 0 spiro atoms. The van der Waals surface area contributed by atoms with Gasteiger partial charge in [0.25, 0.3) is 0 Å². The molecular weight excluding hydrogens is 228 g/mol. The summed E-state index contributed by atoms with van der Waals surface area (Å²) in [5, 5.41) is 20.2. The van der Waals surface area contributed by atoms with E-state index >= 15 is 0 Å². The molecule has 2 aliphatic carbocycles. The highest BCUT2D eigenvalue weighted by Gasteiger charge is 2.46. The zero-order chi connectivity index (χ0) is 13.1. The van der Waals surface area contributed by atoms with Crippen LogP contribution in [-0.4, -0.2) is 21.8 Å². The molecule has 3 heteroatoms. The normalized spacial score (nSPS) is 27.4. The number of aliphatic hydroxyl groups is 1. The smallest absolute Gasteiger partial charge is 0.309 e. The molecule has 0 aromatic rings. The Balaban J connectivity index is 2.11. The third-order valence-electron chi connectivity index (χ3n) is 4.97. The quantitative estimate of drug-likeness (QED) is 0.810. The van der Waals surface area contributed by atoms with Gasteiger partial charge < -0.3 is 10.2 Å². The van der Waals surface area contributed by atoms with Crippen LogP contribution < -0.4 is 0 Å². The van der Waals surface area contributed by atoms with Crippen molar-refractivity contribution in [3.05, 3.63) is 0 Å². The van der Waals surface area contributed by atoms with E-state index in [-0.39, 0.29) is 0 Å². The topological polar surface area (TPSA) is 57.5 Å². The molecule has 0 radical (unpaired) electrons. The zero-order valence-corrected chi connectivity index (χ0v) is 11.3. The standard InChI is InChI=1S/C15H26O3/c16-13(17)14(8-4-2-1-3-5-9-14)12-15(18)10-6-7-11-15/h18H,1-12H2,(H,16,17). The van der Waals surface area contributed by atoms with E-state index in [4.69, 9.17) is 0 Å². The van der Waals surface area contributed by atoms with Gasteiger partial charge in [0.1, 0.15) is 0 Å². The van der Waals surface area contributed by atoms with Gasteiger partial charge in [0, 0.05) is 0 Å². The number of carbonyl (C=O) groups is 1. The van der Waals surface area contributed by atoms with Crippen LogP contribution in [0.25, 0.3) is 0 Å². The molecule has 0 aliphatic heterocycles. The van der Waals surface area contributed by atoms with Gasteiger partial charge in [-0.3, -0.25) is 4.79 Å². The Morgan fingerprint density at radius 1 is 0.833 bits per heavy atom. The maximum atomic E-state index is 11.8. The van der Waals surface area contributed by atoms with Crippen LogP contribution in [0.2, 0.25) is 0 Å². The molecule has 0 saturated heterocycles. The van der Waals surface area contributed by atoms with Crippen molar-refractivity contribution >= 4 is 5.97 Å². The molecule has 2 N–H and O–H groups in total. The number of hydrogen-bond donors (Lipinski definition) is 2. The van der Waals surface area contributed by atoms with E-state index in [0.717, 1.165) is 64.2 Å². The van der Waals surface area contributed by atoms with Crippen molar-refractivity contribution in [2.45, 2.75) is 82.7 Å². The SMILES string of the molecule is O=C(O)C1(CC2(O)CCCC2)CCCCCCC1.